The molecule has 0 bridgehead atoms. The van der Waals surface area contributed by atoms with Crippen LogP contribution in [0.5, 0.6) is 11.5 Å². The molecular weight excluding hydrogens is 704 g/mol. The minimum absolute atomic E-state index is 0.0243. The quantitative estimate of drug-likeness (QED) is 0.109. The van der Waals surface area contributed by atoms with Crippen LogP contribution in [-0.4, -0.2) is 55.3 Å². The van der Waals surface area contributed by atoms with Crippen molar-refractivity contribution in [2.75, 3.05) is 13.2 Å². The molecule has 4 heterocycles. The third kappa shape index (κ3) is 7.42. The Balaban J connectivity index is 0.000000186. The number of carbonyl (C=O) groups is 2. The van der Waals surface area contributed by atoms with Gasteiger partial charge in [-0.3, -0.25) is 0 Å². The molecule has 0 radical (unpaired) electrons. The summed E-state index contributed by atoms with van der Waals surface area (Å²) in [6.07, 6.45) is 2.65. The predicted molar refractivity (Wildman–Crippen MR) is 187 cm³/mol. The van der Waals surface area contributed by atoms with Crippen LogP contribution >= 0.6 is 38.6 Å². The smallest absolute Gasteiger partial charge is 0.360 e. The molecule has 6 rings (SSSR count). The van der Waals surface area contributed by atoms with Crippen molar-refractivity contribution in [3.8, 4) is 32.6 Å². The van der Waals surface area contributed by atoms with Crippen molar-refractivity contribution >= 4 is 71.0 Å². The van der Waals surface area contributed by atoms with Crippen molar-refractivity contribution in [2.45, 2.75) is 40.0 Å². The van der Waals surface area contributed by atoms with E-state index in [4.69, 9.17) is 9.47 Å². The SMILES string of the molecule is CCCCc1nc(C(=O)OCC)c(O)c2sc(-c3ccccc3)nc12.CCOC(=O)c1nc(Br)c2nc(-c3ccccc3)sc2c1O. The van der Waals surface area contributed by atoms with Crippen molar-refractivity contribution in [2.24, 2.45) is 0 Å². The molecular formula is C34H31BrN4O6S2. The van der Waals surface area contributed by atoms with E-state index in [1.165, 1.54) is 22.7 Å². The Labute approximate surface area is 287 Å². The van der Waals surface area contributed by atoms with Gasteiger partial charge in [-0.2, -0.15) is 0 Å². The number of hydrogen-bond donors (Lipinski definition) is 2. The number of rotatable bonds is 9. The summed E-state index contributed by atoms with van der Waals surface area (Å²) in [5, 5.41) is 22.4. The molecule has 0 aliphatic heterocycles. The lowest BCUT2D eigenvalue weighted by Gasteiger charge is -2.07. The summed E-state index contributed by atoms with van der Waals surface area (Å²) in [4.78, 5) is 41.6. The van der Waals surface area contributed by atoms with Gasteiger partial charge in [-0.05, 0) is 42.6 Å². The fraction of sp³-hybridized carbons (Fsp3) is 0.235. The van der Waals surface area contributed by atoms with E-state index in [1.807, 2.05) is 60.7 Å². The Bertz CT molecular complexity index is 2030. The number of halogens is 1. The van der Waals surface area contributed by atoms with Crippen molar-refractivity contribution in [1.29, 1.82) is 0 Å². The number of pyridine rings is 2. The Morgan fingerprint density at radius 1 is 0.702 bits per heavy atom. The third-order valence-corrected chi connectivity index (χ3v) is 9.58. The Hall–Kier alpha value is -4.46. The highest BCUT2D eigenvalue weighted by molar-refractivity contribution is 9.10. The molecule has 0 saturated heterocycles. The van der Waals surface area contributed by atoms with E-state index in [9.17, 15) is 19.8 Å². The summed E-state index contributed by atoms with van der Waals surface area (Å²) in [5.74, 6) is -1.60. The van der Waals surface area contributed by atoms with Crippen LogP contribution in [0.2, 0.25) is 0 Å². The monoisotopic (exact) mass is 734 g/mol. The van der Waals surface area contributed by atoms with Gasteiger partial charge >= 0.3 is 11.9 Å². The third-order valence-electron chi connectivity index (χ3n) is 6.80. The van der Waals surface area contributed by atoms with Gasteiger partial charge in [0.25, 0.3) is 0 Å². The normalized spacial score (nSPS) is 10.9. The number of nitrogens with zero attached hydrogens (tertiary/aromatic N) is 4. The number of benzene rings is 2. The number of carbonyl (C=O) groups excluding carboxylic acids is 2. The summed E-state index contributed by atoms with van der Waals surface area (Å²) < 4.78 is 11.4. The van der Waals surface area contributed by atoms with E-state index >= 15 is 0 Å². The maximum Gasteiger partial charge on any atom is 0.360 e. The second-order valence-corrected chi connectivity index (χ2v) is 12.8. The second-order valence-electron chi connectivity index (χ2n) is 10.0. The van der Waals surface area contributed by atoms with Crippen LogP contribution in [0.25, 0.3) is 41.6 Å². The average molecular weight is 736 g/mol. The number of esters is 2. The van der Waals surface area contributed by atoms with Crippen LogP contribution < -0.4 is 0 Å². The average Bonchev–Trinajstić information content (AvgIpc) is 3.75. The van der Waals surface area contributed by atoms with Gasteiger partial charge in [0.05, 0.1) is 18.9 Å². The summed E-state index contributed by atoms with van der Waals surface area (Å²) in [7, 11) is 0. The van der Waals surface area contributed by atoms with Crippen molar-refractivity contribution in [1.82, 2.24) is 19.9 Å². The van der Waals surface area contributed by atoms with Gasteiger partial charge in [-0.15, -0.1) is 22.7 Å². The number of thiazole rings is 2. The maximum atomic E-state index is 12.2. The molecule has 0 fully saturated rings. The summed E-state index contributed by atoms with van der Waals surface area (Å²) in [6.45, 7) is 5.97. The first-order valence-corrected chi connectivity index (χ1v) is 17.4. The lowest BCUT2D eigenvalue weighted by atomic mass is 10.1. The highest BCUT2D eigenvalue weighted by Crippen LogP contribution is 2.40. The number of aromatic nitrogens is 4. The Morgan fingerprint density at radius 2 is 1.17 bits per heavy atom. The molecule has 0 saturated carbocycles. The molecule has 0 unspecified atom stereocenters. The summed E-state index contributed by atoms with van der Waals surface area (Å²) >= 11 is 5.97. The van der Waals surface area contributed by atoms with Gasteiger partial charge < -0.3 is 19.7 Å². The Kier molecular flexibility index (Phi) is 11.1. The maximum absolute atomic E-state index is 12.2. The minimum Gasteiger partial charge on any atom is -0.504 e. The van der Waals surface area contributed by atoms with Crippen LogP contribution in [0, 0.1) is 0 Å². The van der Waals surface area contributed by atoms with E-state index in [1.54, 1.807) is 13.8 Å². The summed E-state index contributed by atoms with van der Waals surface area (Å²) in [5.41, 5.74) is 3.71. The van der Waals surface area contributed by atoms with Gasteiger partial charge in [0.2, 0.25) is 0 Å². The molecule has 10 nitrogen and oxygen atoms in total. The molecule has 0 spiro atoms. The summed E-state index contributed by atoms with van der Waals surface area (Å²) in [6, 6.07) is 19.4. The lowest BCUT2D eigenvalue weighted by Crippen LogP contribution is -2.09. The number of aryl methyl sites for hydroxylation is 1. The van der Waals surface area contributed by atoms with Crippen LogP contribution in [0.4, 0.5) is 0 Å². The van der Waals surface area contributed by atoms with E-state index in [2.05, 4.69) is 42.8 Å². The molecule has 0 aliphatic rings. The largest absolute Gasteiger partial charge is 0.504 e. The fourth-order valence-corrected chi connectivity index (χ4v) is 7.22. The topological polar surface area (TPSA) is 145 Å². The number of fused-ring (bicyclic) bond motifs is 2. The standard InChI is InChI=1S/C19H20N2O3S.C15H11BrN2O3S/c1-3-5-11-13-14-17(16(22)15(20-13)19(23)24-4-2)25-18(21-14)12-9-7-6-8-10-12;1-2-21-15(20)9-11(19)12-10(13(16)17-9)18-14(22-12)8-6-4-3-5-7-8/h6-10,22H,3-5,11H2,1-2H3;3-7,19H,2H2,1H3. The van der Waals surface area contributed by atoms with Crippen molar-refractivity contribution < 1.29 is 29.3 Å². The number of ether oxygens (including phenoxy) is 2. The second kappa shape index (κ2) is 15.4. The first kappa shape index (κ1) is 33.9. The van der Waals surface area contributed by atoms with E-state index in [-0.39, 0.29) is 36.1 Å². The molecule has 47 heavy (non-hydrogen) atoms. The molecule has 242 valence electrons. The van der Waals surface area contributed by atoms with Gasteiger partial charge in [0, 0.05) is 11.1 Å². The molecule has 0 amide bonds. The highest BCUT2D eigenvalue weighted by Gasteiger charge is 2.24. The lowest BCUT2D eigenvalue weighted by molar-refractivity contribution is 0.0506. The van der Waals surface area contributed by atoms with Crippen molar-refractivity contribution in [3.63, 3.8) is 0 Å². The minimum atomic E-state index is -0.655. The first-order chi connectivity index (χ1) is 22.8. The molecule has 13 heteroatoms. The fourth-order valence-electron chi connectivity index (χ4n) is 4.57. The van der Waals surface area contributed by atoms with Crippen LogP contribution in [0.1, 0.15) is 60.3 Å². The first-order valence-electron chi connectivity index (χ1n) is 14.9. The van der Waals surface area contributed by atoms with Gasteiger partial charge in [-0.25, -0.2) is 29.5 Å². The molecule has 0 aliphatic carbocycles. The zero-order valence-electron chi connectivity index (χ0n) is 25.8. The van der Waals surface area contributed by atoms with Gasteiger partial charge in [0.1, 0.15) is 35.1 Å². The molecule has 0 atom stereocenters. The molecule has 2 aromatic carbocycles. The van der Waals surface area contributed by atoms with Crippen LogP contribution in [-0.2, 0) is 15.9 Å². The van der Waals surface area contributed by atoms with E-state index < -0.39 is 11.9 Å². The van der Waals surface area contributed by atoms with Crippen molar-refractivity contribution in [3.05, 3.63) is 82.3 Å². The van der Waals surface area contributed by atoms with Crippen LogP contribution in [0.15, 0.2) is 65.3 Å². The number of aromatic hydroxyl groups is 2. The zero-order chi connectivity index (χ0) is 33.5. The Morgan fingerprint density at radius 3 is 1.66 bits per heavy atom. The van der Waals surface area contributed by atoms with Crippen LogP contribution in [0.3, 0.4) is 0 Å². The highest BCUT2D eigenvalue weighted by atomic mass is 79.9. The number of hydrogen-bond acceptors (Lipinski definition) is 12. The molecule has 6 aromatic rings. The predicted octanol–water partition coefficient (Wildman–Crippen LogP) is 8.59. The van der Waals surface area contributed by atoms with Gasteiger partial charge in [-0.1, -0.05) is 74.0 Å². The molecule has 2 N–H and O–H groups in total. The van der Waals surface area contributed by atoms with E-state index in [0.29, 0.717) is 31.5 Å². The van der Waals surface area contributed by atoms with Gasteiger partial charge in [0.15, 0.2) is 22.9 Å². The van der Waals surface area contributed by atoms with E-state index in [0.717, 1.165) is 39.7 Å². The number of unbranched alkanes of at least 4 members (excludes halogenated alkanes) is 1. The zero-order valence-corrected chi connectivity index (χ0v) is 29.0. The molecule has 4 aromatic heterocycles.